The molecule has 0 fully saturated rings. The maximum atomic E-state index is 13.5. The van der Waals surface area contributed by atoms with Gasteiger partial charge in [-0.2, -0.15) is 10.1 Å². The van der Waals surface area contributed by atoms with Gasteiger partial charge in [-0.15, -0.1) is 0 Å². The van der Waals surface area contributed by atoms with Gasteiger partial charge in [0.15, 0.2) is 11.5 Å². The van der Waals surface area contributed by atoms with Gasteiger partial charge >= 0.3 is 0 Å². The third kappa shape index (κ3) is 4.03. The fraction of sp³-hybridized carbons (Fsp3) is 0.250. The van der Waals surface area contributed by atoms with E-state index in [1.807, 2.05) is 42.1 Å². The highest BCUT2D eigenvalue weighted by molar-refractivity contribution is 5.79. The van der Waals surface area contributed by atoms with Crippen molar-refractivity contribution in [2.75, 3.05) is 6.54 Å². The van der Waals surface area contributed by atoms with Crippen LogP contribution >= 0.6 is 0 Å². The SMILES string of the molecule is Cn1nc(-c2nc(Cc3ccccc3)no2)c2c1CCN(C(=O)Cc1cccc(F)c1)C2. The largest absolute Gasteiger partial charge is 0.338 e. The predicted octanol–water partition coefficient (Wildman–Crippen LogP) is 3.33. The van der Waals surface area contributed by atoms with E-state index in [9.17, 15) is 9.18 Å². The fourth-order valence-electron chi connectivity index (χ4n) is 4.11. The first-order chi connectivity index (χ1) is 15.6. The molecule has 7 nitrogen and oxygen atoms in total. The van der Waals surface area contributed by atoms with Crippen LogP contribution in [0.5, 0.6) is 0 Å². The summed E-state index contributed by atoms with van der Waals surface area (Å²) in [5.41, 5.74) is 4.34. The zero-order chi connectivity index (χ0) is 22.1. The summed E-state index contributed by atoms with van der Waals surface area (Å²) in [6, 6.07) is 16.1. The van der Waals surface area contributed by atoms with E-state index >= 15 is 0 Å². The van der Waals surface area contributed by atoms with Gasteiger partial charge < -0.3 is 9.42 Å². The number of aryl methyl sites for hydroxylation is 1. The molecule has 0 radical (unpaired) electrons. The number of carbonyl (C=O) groups is 1. The van der Waals surface area contributed by atoms with Crippen LogP contribution in [0.1, 0.15) is 28.2 Å². The highest BCUT2D eigenvalue weighted by Crippen LogP contribution is 2.29. The molecule has 2 aromatic heterocycles. The van der Waals surface area contributed by atoms with Crippen molar-refractivity contribution in [3.8, 4) is 11.6 Å². The van der Waals surface area contributed by atoms with Crippen molar-refractivity contribution in [1.82, 2.24) is 24.8 Å². The van der Waals surface area contributed by atoms with E-state index in [4.69, 9.17) is 4.52 Å². The molecular formula is C24H22FN5O2. The van der Waals surface area contributed by atoms with E-state index in [0.717, 1.165) is 16.8 Å². The van der Waals surface area contributed by atoms with Gasteiger partial charge in [0.25, 0.3) is 5.89 Å². The van der Waals surface area contributed by atoms with Crippen LogP contribution in [0.25, 0.3) is 11.6 Å². The third-order valence-electron chi connectivity index (χ3n) is 5.72. The van der Waals surface area contributed by atoms with Crippen molar-refractivity contribution < 1.29 is 13.7 Å². The number of carbonyl (C=O) groups excluding carboxylic acids is 1. The predicted molar refractivity (Wildman–Crippen MR) is 115 cm³/mol. The van der Waals surface area contributed by atoms with E-state index in [2.05, 4.69) is 15.2 Å². The van der Waals surface area contributed by atoms with Crippen molar-refractivity contribution in [3.63, 3.8) is 0 Å². The van der Waals surface area contributed by atoms with Crippen molar-refractivity contribution in [2.24, 2.45) is 7.05 Å². The van der Waals surface area contributed by atoms with Crippen LogP contribution in [-0.2, 0) is 37.6 Å². The molecule has 2 aromatic carbocycles. The molecule has 32 heavy (non-hydrogen) atoms. The van der Waals surface area contributed by atoms with Crippen molar-refractivity contribution >= 4 is 5.91 Å². The fourth-order valence-corrected chi connectivity index (χ4v) is 4.11. The molecule has 0 saturated heterocycles. The molecule has 1 aliphatic rings. The second kappa shape index (κ2) is 8.37. The first kappa shape index (κ1) is 20.1. The van der Waals surface area contributed by atoms with E-state index in [0.29, 0.717) is 48.9 Å². The van der Waals surface area contributed by atoms with Crippen LogP contribution in [0, 0.1) is 5.82 Å². The summed E-state index contributed by atoms with van der Waals surface area (Å²) >= 11 is 0. The van der Waals surface area contributed by atoms with Gasteiger partial charge in [0.2, 0.25) is 5.91 Å². The number of amides is 1. The Hall–Kier alpha value is -3.81. The van der Waals surface area contributed by atoms with Gasteiger partial charge in [-0.25, -0.2) is 4.39 Å². The molecule has 0 spiro atoms. The molecule has 0 saturated carbocycles. The molecule has 8 heteroatoms. The van der Waals surface area contributed by atoms with Crippen LogP contribution in [0.3, 0.4) is 0 Å². The maximum absolute atomic E-state index is 13.5. The first-order valence-corrected chi connectivity index (χ1v) is 10.5. The molecule has 0 aliphatic carbocycles. The number of fused-ring (bicyclic) bond motifs is 1. The lowest BCUT2D eigenvalue weighted by Crippen LogP contribution is -2.37. The van der Waals surface area contributed by atoms with Gasteiger partial charge in [0.1, 0.15) is 5.82 Å². The molecule has 0 N–H and O–H groups in total. The summed E-state index contributed by atoms with van der Waals surface area (Å²) in [7, 11) is 1.88. The number of hydrogen-bond donors (Lipinski definition) is 0. The first-order valence-electron chi connectivity index (χ1n) is 10.5. The summed E-state index contributed by atoms with van der Waals surface area (Å²) < 4.78 is 20.8. The van der Waals surface area contributed by atoms with Crippen LogP contribution in [-0.4, -0.2) is 37.3 Å². The minimum atomic E-state index is -0.339. The molecule has 0 bridgehead atoms. The number of halogens is 1. The topological polar surface area (TPSA) is 77.1 Å². The Morgan fingerprint density at radius 2 is 1.94 bits per heavy atom. The monoisotopic (exact) mass is 431 g/mol. The van der Waals surface area contributed by atoms with Crippen molar-refractivity contribution in [3.05, 3.63) is 88.6 Å². The Bertz CT molecular complexity index is 1260. The Balaban J connectivity index is 1.36. The lowest BCUT2D eigenvalue weighted by molar-refractivity contribution is -0.131. The lowest BCUT2D eigenvalue weighted by Gasteiger charge is -2.27. The molecule has 0 unspecified atom stereocenters. The summed E-state index contributed by atoms with van der Waals surface area (Å²) in [5.74, 6) is 0.549. The molecule has 4 aromatic rings. The zero-order valence-electron chi connectivity index (χ0n) is 17.7. The molecule has 162 valence electrons. The van der Waals surface area contributed by atoms with Crippen LogP contribution in [0.2, 0.25) is 0 Å². The molecular weight excluding hydrogens is 409 g/mol. The zero-order valence-corrected chi connectivity index (χ0v) is 17.7. The molecule has 0 atom stereocenters. The Morgan fingerprint density at radius 3 is 2.75 bits per heavy atom. The van der Waals surface area contributed by atoms with E-state index in [1.165, 1.54) is 12.1 Å². The molecule has 1 amide bonds. The highest BCUT2D eigenvalue weighted by atomic mass is 19.1. The number of aromatic nitrogens is 4. The maximum Gasteiger partial charge on any atom is 0.278 e. The summed E-state index contributed by atoms with van der Waals surface area (Å²) in [6.45, 7) is 0.992. The number of rotatable bonds is 5. The van der Waals surface area contributed by atoms with Gasteiger partial charge in [-0.1, -0.05) is 47.6 Å². The molecule has 3 heterocycles. The standard InChI is InChI=1S/C24H22FN5O2/c1-29-20-10-11-30(22(31)14-17-8-5-9-18(25)12-17)15-19(20)23(27-29)24-26-21(28-32-24)13-16-6-3-2-4-7-16/h2-9,12H,10-11,13-15H2,1H3. The van der Waals surface area contributed by atoms with Crippen LogP contribution in [0.15, 0.2) is 59.1 Å². The quantitative estimate of drug-likeness (QED) is 0.485. The normalized spacial score (nSPS) is 13.2. The minimum Gasteiger partial charge on any atom is -0.338 e. The summed E-state index contributed by atoms with van der Waals surface area (Å²) in [6.07, 6.45) is 1.40. The Kier molecular flexibility index (Phi) is 5.26. The van der Waals surface area contributed by atoms with Gasteiger partial charge in [0, 0.05) is 44.2 Å². The summed E-state index contributed by atoms with van der Waals surface area (Å²) in [4.78, 5) is 19.2. The minimum absolute atomic E-state index is 0.0497. The lowest BCUT2D eigenvalue weighted by atomic mass is 10.0. The second-order valence-corrected chi connectivity index (χ2v) is 7.95. The van der Waals surface area contributed by atoms with E-state index in [-0.39, 0.29) is 18.1 Å². The van der Waals surface area contributed by atoms with Crippen LogP contribution in [0.4, 0.5) is 4.39 Å². The van der Waals surface area contributed by atoms with Gasteiger partial charge in [-0.3, -0.25) is 9.48 Å². The third-order valence-corrected chi connectivity index (χ3v) is 5.72. The molecule has 5 rings (SSSR count). The Labute approximate surface area is 184 Å². The van der Waals surface area contributed by atoms with Gasteiger partial charge in [-0.05, 0) is 23.3 Å². The smallest absolute Gasteiger partial charge is 0.278 e. The molecule has 1 aliphatic heterocycles. The highest BCUT2D eigenvalue weighted by Gasteiger charge is 2.29. The summed E-state index contributed by atoms with van der Waals surface area (Å²) in [5, 5.41) is 8.72. The Morgan fingerprint density at radius 1 is 1.12 bits per heavy atom. The van der Waals surface area contributed by atoms with Crippen molar-refractivity contribution in [1.29, 1.82) is 0 Å². The second-order valence-electron chi connectivity index (χ2n) is 7.95. The number of hydrogen-bond acceptors (Lipinski definition) is 5. The van der Waals surface area contributed by atoms with E-state index < -0.39 is 0 Å². The average molecular weight is 431 g/mol. The van der Waals surface area contributed by atoms with E-state index in [1.54, 1.807) is 17.0 Å². The van der Waals surface area contributed by atoms with Crippen molar-refractivity contribution in [2.45, 2.75) is 25.8 Å². The number of nitrogens with zero attached hydrogens (tertiary/aromatic N) is 5. The number of benzene rings is 2. The van der Waals surface area contributed by atoms with Gasteiger partial charge in [0.05, 0.1) is 6.42 Å². The average Bonchev–Trinajstić information content (AvgIpc) is 3.38. The van der Waals surface area contributed by atoms with Crippen LogP contribution < -0.4 is 0 Å².